The Morgan fingerprint density at radius 3 is 2.50 bits per heavy atom. The Morgan fingerprint density at radius 2 is 1.85 bits per heavy atom. The second kappa shape index (κ2) is 8.22. The third-order valence-electron chi connectivity index (χ3n) is 3.63. The third-order valence-corrected chi connectivity index (χ3v) is 3.77. The normalized spacial score (nSPS) is 15.4. The van der Waals surface area contributed by atoms with Gasteiger partial charge in [-0.15, -0.1) is 0 Å². The zero-order valence-corrected chi connectivity index (χ0v) is 12.7. The summed E-state index contributed by atoms with van der Waals surface area (Å²) in [6, 6.07) is 7.89. The summed E-state index contributed by atoms with van der Waals surface area (Å²) in [6.45, 7) is 2.14. The lowest BCUT2D eigenvalue weighted by Crippen LogP contribution is -2.12. The molecule has 0 aromatic heterocycles. The standard InChI is InChI=1S/C16H23NO2S/c17-16(20)11-13-5-7-15(8-6-13)19-10-9-18-12-14-3-1-2-4-14/h5-8,14H,1-4,9-12H2,(H2,17,20). The highest BCUT2D eigenvalue weighted by molar-refractivity contribution is 7.80. The van der Waals surface area contributed by atoms with E-state index in [0.29, 0.717) is 24.6 Å². The van der Waals surface area contributed by atoms with Crippen molar-refractivity contribution in [1.82, 2.24) is 0 Å². The number of benzene rings is 1. The van der Waals surface area contributed by atoms with Gasteiger partial charge >= 0.3 is 0 Å². The maximum Gasteiger partial charge on any atom is 0.119 e. The molecule has 2 N–H and O–H groups in total. The Balaban J connectivity index is 1.60. The van der Waals surface area contributed by atoms with E-state index in [9.17, 15) is 0 Å². The summed E-state index contributed by atoms with van der Waals surface area (Å²) < 4.78 is 11.3. The van der Waals surface area contributed by atoms with Crippen molar-refractivity contribution in [3.05, 3.63) is 29.8 Å². The van der Waals surface area contributed by atoms with Crippen molar-refractivity contribution in [3.63, 3.8) is 0 Å². The van der Waals surface area contributed by atoms with Gasteiger partial charge in [-0.3, -0.25) is 0 Å². The predicted octanol–water partition coefficient (Wildman–Crippen LogP) is 3.10. The lowest BCUT2D eigenvalue weighted by atomic mass is 10.1. The molecule has 0 atom stereocenters. The fourth-order valence-electron chi connectivity index (χ4n) is 2.55. The van der Waals surface area contributed by atoms with Gasteiger partial charge in [0.05, 0.1) is 11.6 Å². The van der Waals surface area contributed by atoms with Gasteiger partial charge in [-0.2, -0.15) is 0 Å². The van der Waals surface area contributed by atoms with Crippen molar-refractivity contribution in [2.24, 2.45) is 11.7 Å². The lowest BCUT2D eigenvalue weighted by Gasteiger charge is -2.11. The van der Waals surface area contributed by atoms with Crippen LogP contribution < -0.4 is 10.5 Å². The minimum absolute atomic E-state index is 0.513. The minimum Gasteiger partial charge on any atom is -0.491 e. The Hall–Kier alpha value is -1.13. The molecule has 110 valence electrons. The van der Waals surface area contributed by atoms with Crippen LogP contribution in [0.5, 0.6) is 5.75 Å². The summed E-state index contributed by atoms with van der Waals surface area (Å²) in [7, 11) is 0. The highest BCUT2D eigenvalue weighted by Crippen LogP contribution is 2.24. The van der Waals surface area contributed by atoms with E-state index in [2.05, 4.69) is 0 Å². The maximum absolute atomic E-state index is 5.66. The summed E-state index contributed by atoms with van der Waals surface area (Å²) in [4.78, 5) is 0.513. The molecule has 0 radical (unpaired) electrons. The van der Waals surface area contributed by atoms with E-state index in [1.54, 1.807) is 0 Å². The molecule has 4 heteroatoms. The first kappa shape index (κ1) is 15.3. The number of ether oxygens (including phenoxy) is 2. The van der Waals surface area contributed by atoms with Crippen molar-refractivity contribution in [2.45, 2.75) is 32.1 Å². The van der Waals surface area contributed by atoms with Crippen LogP contribution in [0.1, 0.15) is 31.2 Å². The van der Waals surface area contributed by atoms with Crippen molar-refractivity contribution in [1.29, 1.82) is 0 Å². The van der Waals surface area contributed by atoms with E-state index < -0.39 is 0 Å². The second-order valence-corrected chi connectivity index (χ2v) is 5.89. The molecule has 0 spiro atoms. The van der Waals surface area contributed by atoms with Gasteiger partial charge in [0.15, 0.2) is 0 Å². The molecule has 0 amide bonds. The van der Waals surface area contributed by atoms with Gasteiger partial charge in [0.2, 0.25) is 0 Å². The van der Waals surface area contributed by atoms with E-state index in [4.69, 9.17) is 27.4 Å². The Labute approximate surface area is 126 Å². The first-order chi connectivity index (χ1) is 9.74. The fourth-order valence-corrected chi connectivity index (χ4v) is 2.72. The lowest BCUT2D eigenvalue weighted by molar-refractivity contribution is 0.0754. The van der Waals surface area contributed by atoms with Gasteiger partial charge in [0.25, 0.3) is 0 Å². The molecular weight excluding hydrogens is 270 g/mol. The molecule has 1 aromatic carbocycles. The molecule has 3 nitrogen and oxygen atoms in total. The van der Waals surface area contributed by atoms with Crippen molar-refractivity contribution in [2.75, 3.05) is 19.8 Å². The topological polar surface area (TPSA) is 44.5 Å². The zero-order valence-electron chi connectivity index (χ0n) is 11.8. The molecular formula is C16H23NO2S. The summed E-state index contributed by atoms with van der Waals surface area (Å²) in [5, 5.41) is 0. The van der Waals surface area contributed by atoms with E-state index >= 15 is 0 Å². The number of hydrogen-bond acceptors (Lipinski definition) is 3. The van der Waals surface area contributed by atoms with Crippen LogP contribution in [0.3, 0.4) is 0 Å². The summed E-state index contributed by atoms with van der Waals surface area (Å²) in [6.07, 6.45) is 6.02. The van der Waals surface area contributed by atoms with Crippen LogP contribution >= 0.6 is 12.2 Å². The Bertz CT molecular complexity index is 413. The highest BCUT2D eigenvalue weighted by atomic mass is 32.1. The number of rotatable bonds is 8. The van der Waals surface area contributed by atoms with Gasteiger partial charge < -0.3 is 15.2 Å². The summed E-state index contributed by atoms with van der Waals surface area (Å²) >= 11 is 4.88. The van der Waals surface area contributed by atoms with Gasteiger partial charge in [-0.05, 0) is 36.5 Å². The molecule has 0 saturated heterocycles. The quantitative estimate of drug-likeness (QED) is 0.591. The Kier molecular flexibility index (Phi) is 6.27. The number of hydrogen-bond donors (Lipinski definition) is 1. The van der Waals surface area contributed by atoms with E-state index in [1.807, 2.05) is 24.3 Å². The van der Waals surface area contributed by atoms with Crippen LogP contribution in [0, 0.1) is 5.92 Å². The average Bonchev–Trinajstić information content (AvgIpc) is 2.93. The monoisotopic (exact) mass is 293 g/mol. The van der Waals surface area contributed by atoms with Gasteiger partial charge in [-0.1, -0.05) is 37.2 Å². The largest absolute Gasteiger partial charge is 0.491 e. The predicted molar refractivity (Wildman–Crippen MR) is 85.2 cm³/mol. The van der Waals surface area contributed by atoms with Crippen LogP contribution in [0.2, 0.25) is 0 Å². The molecule has 2 rings (SSSR count). The third kappa shape index (κ3) is 5.47. The van der Waals surface area contributed by atoms with Gasteiger partial charge in [0, 0.05) is 13.0 Å². The van der Waals surface area contributed by atoms with E-state index in [-0.39, 0.29) is 0 Å². The van der Waals surface area contributed by atoms with E-state index in [0.717, 1.165) is 23.8 Å². The highest BCUT2D eigenvalue weighted by Gasteiger charge is 2.14. The molecule has 0 aliphatic heterocycles. The first-order valence-electron chi connectivity index (χ1n) is 7.32. The van der Waals surface area contributed by atoms with Crippen LogP contribution in [0.25, 0.3) is 0 Å². The fraction of sp³-hybridized carbons (Fsp3) is 0.562. The summed E-state index contributed by atoms with van der Waals surface area (Å²) in [5.41, 5.74) is 6.62. The SMILES string of the molecule is NC(=S)Cc1ccc(OCCOCC2CCCC2)cc1. The summed E-state index contributed by atoms with van der Waals surface area (Å²) in [5.74, 6) is 1.63. The second-order valence-electron chi connectivity index (χ2n) is 5.36. The number of thiocarbonyl (C=S) groups is 1. The van der Waals surface area contributed by atoms with E-state index in [1.165, 1.54) is 25.7 Å². The van der Waals surface area contributed by atoms with Crippen LogP contribution in [0.4, 0.5) is 0 Å². The molecule has 1 fully saturated rings. The molecule has 1 saturated carbocycles. The van der Waals surface area contributed by atoms with Gasteiger partial charge in [0.1, 0.15) is 12.4 Å². The van der Waals surface area contributed by atoms with Crippen molar-refractivity contribution in [3.8, 4) is 5.75 Å². The molecule has 0 unspecified atom stereocenters. The smallest absolute Gasteiger partial charge is 0.119 e. The Morgan fingerprint density at radius 1 is 1.15 bits per heavy atom. The zero-order chi connectivity index (χ0) is 14.2. The van der Waals surface area contributed by atoms with Crippen molar-refractivity contribution >= 4 is 17.2 Å². The van der Waals surface area contributed by atoms with Gasteiger partial charge in [-0.25, -0.2) is 0 Å². The molecule has 1 aliphatic rings. The first-order valence-corrected chi connectivity index (χ1v) is 7.72. The minimum atomic E-state index is 0.513. The van der Waals surface area contributed by atoms with Crippen LogP contribution in [-0.2, 0) is 11.2 Å². The average molecular weight is 293 g/mol. The molecule has 0 heterocycles. The van der Waals surface area contributed by atoms with Crippen molar-refractivity contribution < 1.29 is 9.47 Å². The number of nitrogens with two attached hydrogens (primary N) is 1. The van der Waals surface area contributed by atoms with Crippen LogP contribution in [0.15, 0.2) is 24.3 Å². The molecule has 1 aliphatic carbocycles. The maximum atomic E-state index is 5.66. The molecule has 1 aromatic rings. The molecule has 0 bridgehead atoms. The van der Waals surface area contributed by atoms with Crippen LogP contribution in [-0.4, -0.2) is 24.8 Å². The molecule has 20 heavy (non-hydrogen) atoms.